The predicted molar refractivity (Wildman–Crippen MR) is 162 cm³/mol. The summed E-state index contributed by atoms with van der Waals surface area (Å²) in [5, 5.41) is 29.1. The molecular formula is C30H39Cl2N3O5. The minimum Gasteiger partial charge on any atom is -0.478 e. The van der Waals surface area contributed by atoms with E-state index in [0.717, 1.165) is 29.2 Å². The van der Waals surface area contributed by atoms with Gasteiger partial charge in [-0.15, -0.1) is 12.4 Å². The molecule has 3 aromatic rings. The molecule has 3 atom stereocenters. The monoisotopic (exact) mass is 591 g/mol. The lowest BCUT2D eigenvalue weighted by atomic mass is 9.92. The number of aliphatic hydroxyl groups excluding tert-OH is 1. The van der Waals surface area contributed by atoms with Crippen molar-refractivity contribution in [3.63, 3.8) is 0 Å². The number of hydrogen-bond acceptors (Lipinski definition) is 6. The number of nitrogens with zero attached hydrogens (tertiary/aromatic N) is 2. The molecule has 0 amide bonds. The summed E-state index contributed by atoms with van der Waals surface area (Å²) in [6.07, 6.45) is 3.60. The van der Waals surface area contributed by atoms with E-state index in [2.05, 4.69) is 47.5 Å². The van der Waals surface area contributed by atoms with Gasteiger partial charge in [-0.25, -0.2) is 9.59 Å². The normalized spacial score (nSPS) is 12.6. The molecule has 218 valence electrons. The summed E-state index contributed by atoms with van der Waals surface area (Å²) in [6.45, 7) is 2.99. The minimum atomic E-state index is -1.26. The number of carbonyl (C=O) groups is 2. The van der Waals surface area contributed by atoms with E-state index < -0.39 is 18.0 Å². The van der Waals surface area contributed by atoms with Crippen molar-refractivity contribution in [2.24, 2.45) is 0 Å². The van der Waals surface area contributed by atoms with Crippen molar-refractivity contribution in [3.05, 3.63) is 113 Å². The summed E-state index contributed by atoms with van der Waals surface area (Å²) in [6, 6.07) is 23.9. The van der Waals surface area contributed by atoms with Crippen LogP contribution in [0.1, 0.15) is 42.2 Å². The molecule has 4 N–H and O–H groups in total. The quantitative estimate of drug-likeness (QED) is 0.235. The number of aromatic nitrogens is 1. The Hall–Kier alpha value is -3.27. The summed E-state index contributed by atoms with van der Waals surface area (Å²) in [5.41, 5.74) is 3.34. The summed E-state index contributed by atoms with van der Waals surface area (Å²) < 4.78 is 0. The van der Waals surface area contributed by atoms with Crippen molar-refractivity contribution in [2.75, 3.05) is 27.7 Å². The number of hydrogen-bond donors (Lipinski definition) is 4. The van der Waals surface area contributed by atoms with Crippen LogP contribution < -0.4 is 5.32 Å². The highest BCUT2D eigenvalue weighted by molar-refractivity contribution is 6.30. The Kier molecular flexibility index (Phi) is 18.9. The molecule has 2 aromatic carbocycles. The Morgan fingerprint density at radius 1 is 0.925 bits per heavy atom. The zero-order valence-electron chi connectivity index (χ0n) is 23.1. The Morgan fingerprint density at radius 2 is 1.48 bits per heavy atom. The standard InChI is InChI=1S/C16H19ClN2.C10H15NO.C4H4O4.ClH/c1-19(2)12-10-15(16-5-3-4-11-18-16)13-6-8-14(17)9-7-13;1-8(11-2)10(12)9-6-4-3-5-7-9;5-3(6)1-2-4(7)8;/h3-9,11,15H,10,12H2,1-2H3;3-8,10-12H,1-2H3;1-2H,(H,5,6)(H,7,8);1H/b;;2-1-;/t;8-,10+;;/m.0../s1. The first-order valence-corrected chi connectivity index (χ1v) is 12.8. The highest BCUT2D eigenvalue weighted by Crippen LogP contribution is 2.27. The van der Waals surface area contributed by atoms with Gasteiger partial charge in [-0.3, -0.25) is 4.98 Å². The first-order chi connectivity index (χ1) is 18.5. The van der Waals surface area contributed by atoms with Crippen molar-refractivity contribution in [2.45, 2.75) is 31.4 Å². The fourth-order valence-corrected chi connectivity index (χ4v) is 3.52. The largest absolute Gasteiger partial charge is 0.478 e. The highest BCUT2D eigenvalue weighted by atomic mass is 35.5. The maximum Gasteiger partial charge on any atom is 0.328 e. The number of aliphatic hydroxyl groups is 1. The van der Waals surface area contributed by atoms with E-state index in [-0.39, 0.29) is 18.4 Å². The van der Waals surface area contributed by atoms with E-state index in [0.29, 0.717) is 18.1 Å². The Labute approximate surface area is 247 Å². The van der Waals surface area contributed by atoms with Gasteiger partial charge in [0, 0.05) is 41.0 Å². The van der Waals surface area contributed by atoms with E-state index in [4.69, 9.17) is 21.8 Å². The number of nitrogens with one attached hydrogen (secondary N) is 1. The Morgan fingerprint density at radius 3 is 1.93 bits per heavy atom. The summed E-state index contributed by atoms with van der Waals surface area (Å²) in [5.74, 6) is -2.19. The molecule has 1 heterocycles. The second-order valence-electron chi connectivity index (χ2n) is 8.89. The molecule has 3 rings (SSSR count). The smallest absolute Gasteiger partial charge is 0.328 e. The third-order valence-corrected chi connectivity index (χ3v) is 5.87. The molecule has 0 aliphatic carbocycles. The van der Waals surface area contributed by atoms with Crippen LogP contribution in [0.3, 0.4) is 0 Å². The first-order valence-electron chi connectivity index (χ1n) is 12.4. The molecule has 0 spiro atoms. The van der Waals surface area contributed by atoms with Gasteiger partial charge in [0.25, 0.3) is 0 Å². The number of carboxylic acid groups (broad SMARTS) is 2. The van der Waals surface area contributed by atoms with Gasteiger partial charge in [-0.05, 0) is 76.4 Å². The van der Waals surface area contributed by atoms with Crippen LogP contribution in [0, 0.1) is 0 Å². The number of carboxylic acids is 2. The number of pyridine rings is 1. The van der Waals surface area contributed by atoms with Gasteiger partial charge < -0.3 is 25.5 Å². The average Bonchev–Trinajstić information content (AvgIpc) is 2.93. The fourth-order valence-electron chi connectivity index (χ4n) is 3.39. The molecular weight excluding hydrogens is 553 g/mol. The fraction of sp³-hybridized carbons (Fsp3) is 0.300. The number of halogens is 2. The van der Waals surface area contributed by atoms with Gasteiger partial charge in [0.1, 0.15) is 0 Å². The van der Waals surface area contributed by atoms with Crippen LogP contribution in [0.25, 0.3) is 0 Å². The molecule has 0 bridgehead atoms. The maximum atomic E-state index is 9.73. The first kappa shape index (κ1) is 36.7. The number of rotatable bonds is 10. The van der Waals surface area contributed by atoms with Crippen LogP contribution in [0.5, 0.6) is 0 Å². The second kappa shape index (κ2) is 20.6. The lowest BCUT2D eigenvalue weighted by Gasteiger charge is -2.19. The lowest BCUT2D eigenvalue weighted by molar-refractivity contribution is -0.134. The SMILES string of the molecule is CN(C)CCC(c1ccc(Cl)cc1)c1ccccn1.CN[C@@H](C)[C@@H](O)c1ccccc1.Cl.O=C(O)/C=C\C(=O)O. The van der Waals surface area contributed by atoms with Crippen molar-refractivity contribution >= 4 is 35.9 Å². The van der Waals surface area contributed by atoms with Gasteiger partial charge in [0.15, 0.2) is 0 Å². The lowest BCUT2D eigenvalue weighted by Crippen LogP contribution is -2.28. The van der Waals surface area contributed by atoms with Gasteiger partial charge in [0.2, 0.25) is 0 Å². The van der Waals surface area contributed by atoms with Crippen LogP contribution in [0.15, 0.2) is 91.1 Å². The summed E-state index contributed by atoms with van der Waals surface area (Å²) >= 11 is 5.97. The van der Waals surface area contributed by atoms with Crippen molar-refractivity contribution in [1.29, 1.82) is 0 Å². The van der Waals surface area contributed by atoms with Crippen LogP contribution in [0.4, 0.5) is 0 Å². The predicted octanol–water partition coefficient (Wildman–Crippen LogP) is 5.28. The van der Waals surface area contributed by atoms with Gasteiger partial charge in [-0.1, -0.05) is 60.1 Å². The van der Waals surface area contributed by atoms with E-state index >= 15 is 0 Å². The minimum absolute atomic E-state index is 0. The molecule has 0 fully saturated rings. The molecule has 0 aliphatic rings. The molecule has 1 unspecified atom stereocenters. The van der Waals surface area contributed by atoms with Crippen LogP contribution in [-0.4, -0.2) is 70.9 Å². The summed E-state index contributed by atoms with van der Waals surface area (Å²) in [7, 11) is 6.03. The topological polar surface area (TPSA) is 123 Å². The molecule has 10 heteroatoms. The van der Waals surface area contributed by atoms with E-state index in [1.807, 2.05) is 74.8 Å². The van der Waals surface area contributed by atoms with E-state index in [1.54, 1.807) is 0 Å². The van der Waals surface area contributed by atoms with Crippen molar-refractivity contribution < 1.29 is 24.9 Å². The highest BCUT2D eigenvalue weighted by Gasteiger charge is 2.15. The Balaban J connectivity index is 0.000000624. The molecule has 1 aromatic heterocycles. The molecule has 0 radical (unpaired) electrons. The molecule has 0 saturated carbocycles. The number of likely N-dealkylation sites (N-methyl/N-ethyl adjacent to an activating group) is 1. The van der Waals surface area contributed by atoms with Crippen molar-refractivity contribution in [1.82, 2.24) is 15.2 Å². The zero-order chi connectivity index (χ0) is 29.2. The average molecular weight is 593 g/mol. The molecule has 40 heavy (non-hydrogen) atoms. The van der Waals surface area contributed by atoms with Crippen LogP contribution in [0.2, 0.25) is 5.02 Å². The van der Waals surface area contributed by atoms with Crippen LogP contribution in [-0.2, 0) is 9.59 Å². The van der Waals surface area contributed by atoms with Crippen LogP contribution >= 0.6 is 24.0 Å². The maximum absolute atomic E-state index is 9.73. The third kappa shape index (κ3) is 15.4. The Bertz CT molecular complexity index is 1120. The third-order valence-electron chi connectivity index (χ3n) is 5.62. The van der Waals surface area contributed by atoms with E-state index in [9.17, 15) is 14.7 Å². The van der Waals surface area contributed by atoms with Gasteiger partial charge in [-0.2, -0.15) is 0 Å². The molecule has 0 saturated heterocycles. The summed E-state index contributed by atoms with van der Waals surface area (Å²) in [4.78, 5) is 25.8. The zero-order valence-corrected chi connectivity index (χ0v) is 24.7. The van der Waals surface area contributed by atoms with Crippen molar-refractivity contribution in [3.8, 4) is 0 Å². The number of aliphatic carboxylic acids is 2. The van der Waals surface area contributed by atoms with Gasteiger partial charge in [0.05, 0.1) is 6.10 Å². The second-order valence-corrected chi connectivity index (χ2v) is 9.33. The van der Waals surface area contributed by atoms with Gasteiger partial charge >= 0.3 is 11.9 Å². The number of benzene rings is 2. The molecule has 0 aliphatic heterocycles. The van der Waals surface area contributed by atoms with E-state index in [1.165, 1.54) is 5.56 Å². The molecule has 8 nitrogen and oxygen atoms in total.